The maximum Gasteiger partial charge on any atom is 0.419 e. The molecule has 0 atom stereocenters. The van der Waals surface area contributed by atoms with Crippen LogP contribution >= 0.6 is 11.6 Å². The van der Waals surface area contributed by atoms with Crippen LogP contribution in [0.2, 0.25) is 5.02 Å². The van der Waals surface area contributed by atoms with Gasteiger partial charge in [-0.25, -0.2) is 13.5 Å². The molecule has 1 aromatic heterocycles. The van der Waals surface area contributed by atoms with Crippen molar-refractivity contribution in [3.63, 3.8) is 0 Å². The lowest BCUT2D eigenvalue weighted by Gasteiger charge is -2.19. The van der Waals surface area contributed by atoms with Crippen molar-refractivity contribution < 1.29 is 39.9 Å². The Bertz CT molecular complexity index is 1170. The van der Waals surface area contributed by atoms with Gasteiger partial charge >= 0.3 is 12.4 Å². The first-order valence-corrected chi connectivity index (χ1v) is 9.57. The summed E-state index contributed by atoms with van der Waals surface area (Å²) in [5, 5.41) is 3.01. The van der Waals surface area contributed by atoms with Crippen molar-refractivity contribution in [1.29, 1.82) is 0 Å². The molecule has 3 rings (SSSR count). The van der Waals surface area contributed by atoms with Crippen LogP contribution in [0, 0.1) is 0 Å². The van der Waals surface area contributed by atoms with Crippen LogP contribution in [-0.2, 0) is 18.3 Å². The van der Waals surface area contributed by atoms with E-state index in [9.17, 15) is 39.9 Å². The van der Waals surface area contributed by atoms with Gasteiger partial charge in [-0.3, -0.25) is 4.79 Å². The average molecular weight is 497 g/mol. The predicted octanol–water partition coefficient (Wildman–Crippen LogP) is 7.32. The Kier molecular flexibility index (Phi) is 6.56. The Morgan fingerprint density at radius 3 is 2.15 bits per heavy atom. The lowest BCUT2D eigenvalue weighted by Crippen LogP contribution is -2.18. The van der Waals surface area contributed by atoms with Crippen molar-refractivity contribution >= 4 is 17.4 Å². The first-order chi connectivity index (χ1) is 15.2. The summed E-state index contributed by atoms with van der Waals surface area (Å²) in [5.41, 5.74) is -3.75. The van der Waals surface area contributed by atoms with Crippen LogP contribution < -0.4 is 0 Å². The third-order valence-corrected chi connectivity index (χ3v) is 5.03. The minimum atomic E-state index is -4.83. The minimum Gasteiger partial charge on any atom is -0.294 e. The highest BCUT2D eigenvalue weighted by Crippen LogP contribution is 2.39. The van der Waals surface area contributed by atoms with Crippen molar-refractivity contribution in [2.75, 3.05) is 0 Å². The fraction of sp³-hybridized carbons (Fsp3) is 0.238. The molecule has 0 N–H and O–H groups in total. The SMILES string of the molecule is O=C(CCC(F)(F)c1ccc(-n2cc(C(F)(F)F)cn2)cc1Cl)c1ccccc1C(F)(F)F. The highest BCUT2D eigenvalue weighted by Gasteiger charge is 2.38. The van der Waals surface area contributed by atoms with Gasteiger partial charge in [0.05, 0.1) is 28.0 Å². The molecule has 33 heavy (non-hydrogen) atoms. The molecule has 0 fully saturated rings. The molecule has 3 aromatic rings. The Morgan fingerprint density at radius 2 is 1.58 bits per heavy atom. The highest BCUT2D eigenvalue weighted by atomic mass is 35.5. The van der Waals surface area contributed by atoms with Crippen molar-refractivity contribution in [2.45, 2.75) is 31.1 Å². The molecule has 0 aliphatic rings. The van der Waals surface area contributed by atoms with Gasteiger partial charge in [0.1, 0.15) is 0 Å². The molecule has 0 amide bonds. The molecule has 0 bridgehead atoms. The van der Waals surface area contributed by atoms with Crippen LogP contribution in [0.4, 0.5) is 35.1 Å². The molecular formula is C21H13ClF8N2O. The predicted molar refractivity (Wildman–Crippen MR) is 102 cm³/mol. The van der Waals surface area contributed by atoms with Crippen LogP contribution in [0.3, 0.4) is 0 Å². The summed E-state index contributed by atoms with van der Waals surface area (Å²) in [6, 6.07) is 6.75. The van der Waals surface area contributed by atoms with Crippen LogP contribution in [0.1, 0.15) is 39.9 Å². The van der Waals surface area contributed by atoms with E-state index in [0.29, 0.717) is 18.5 Å². The molecule has 0 aliphatic heterocycles. The van der Waals surface area contributed by atoms with Crippen molar-refractivity contribution in [3.05, 3.63) is 82.1 Å². The van der Waals surface area contributed by atoms with Crippen LogP contribution in [0.15, 0.2) is 54.9 Å². The molecule has 1 heterocycles. The second-order valence-electron chi connectivity index (χ2n) is 7.01. The quantitative estimate of drug-likeness (QED) is 0.265. The Balaban J connectivity index is 1.78. The summed E-state index contributed by atoms with van der Waals surface area (Å²) < 4.78 is 107. The van der Waals surface area contributed by atoms with Gasteiger partial charge in [0, 0.05) is 30.2 Å². The van der Waals surface area contributed by atoms with Gasteiger partial charge in [-0.05, 0) is 24.3 Å². The van der Waals surface area contributed by atoms with Gasteiger partial charge in [0.2, 0.25) is 0 Å². The molecule has 176 valence electrons. The summed E-state index contributed by atoms with van der Waals surface area (Å²) in [6.45, 7) is 0. The maximum absolute atomic E-state index is 14.7. The van der Waals surface area contributed by atoms with Gasteiger partial charge < -0.3 is 0 Å². The van der Waals surface area contributed by atoms with E-state index < -0.39 is 64.2 Å². The van der Waals surface area contributed by atoms with Gasteiger partial charge in [0.15, 0.2) is 5.78 Å². The summed E-state index contributed by atoms with van der Waals surface area (Å²) in [6.07, 6.45) is -10.3. The van der Waals surface area contributed by atoms with E-state index in [0.717, 1.165) is 35.0 Å². The van der Waals surface area contributed by atoms with E-state index >= 15 is 0 Å². The molecule has 0 unspecified atom stereocenters. The highest BCUT2D eigenvalue weighted by molar-refractivity contribution is 6.31. The van der Waals surface area contributed by atoms with Crippen molar-refractivity contribution in [3.8, 4) is 5.69 Å². The van der Waals surface area contributed by atoms with Gasteiger partial charge in [-0.2, -0.15) is 31.4 Å². The molecule has 0 saturated carbocycles. The number of nitrogens with zero attached hydrogens (tertiary/aromatic N) is 2. The molecule has 0 spiro atoms. The number of Topliss-reactive ketones (excluding diaryl/α,β-unsaturated/α-hetero) is 1. The standard InChI is InChI=1S/C21H13ClF8N2O/c22-17-9-13(32-11-12(10-31-32)20(25,26)27)5-6-16(17)19(23,24)8-7-18(33)14-3-1-2-4-15(14)21(28,29)30/h1-6,9-11H,7-8H2. The first-order valence-electron chi connectivity index (χ1n) is 9.19. The third-order valence-electron chi connectivity index (χ3n) is 4.72. The number of benzene rings is 2. The smallest absolute Gasteiger partial charge is 0.294 e. The molecule has 2 aromatic carbocycles. The Hall–Kier alpha value is -2.95. The number of hydrogen-bond acceptors (Lipinski definition) is 2. The number of ketones is 1. The monoisotopic (exact) mass is 496 g/mol. The third kappa shape index (κ3) is 5.52. The number of rotatable bonds is 6. The summed E-state index contributed by atoms with van der Waals surface area (Å²) in [4.78, 5) is 12.2. The van der Waals surface area contributed by atoms with E-state index in [2.05, 4.69) is 5.10 Å². The van der Waals surface area contributed by atoms with Crippen LogP contribution in [0.25, 0.3) is 5.69 Å². The Morgan fingerprint density at radius 1 is 0.909 bits per heavy atom. The van der Waals surface area contributed by atoms with Crippen molar-refractivity contribution in [2.24, 2.45) is 0 Å². The topological polar surface area (TPSA) is 34.9 Å². The summed E-state index contributed by atoms with van der Waals surface area (Å²) >= 11 is 5.90. The molecule has 3 nitrogen and oxygen atoms in total. The number of carbonyl (C=O) groups excluding carboxylic acids is 1. The number of halogens is 9. The van der Waals surface area contributed by atoms with E-state index in [-0.39, 0.29) is 5.69 Å². The average Bonchev–Trinajstić information content (AvgIpc) is 3.22. The van der Waals surface area contributed by atoms with Gasteiger partial charge in [-0.1, -0.05) is 29.8 Å². The second-order valence-corrected chi connectivity index (χ2v) is 7.41. The summed E-state index contributed by atoms with van der Waals surface area (Å²) in [5.74, 6) is -4.81. The fourth-order valence-electron chi connectivity index (χ4n) is 3.07. The zero-order chi connectivity index (χ0) is 24.6. The lowest BCUT2D eigenvalue weighted by atomic mass is 9.96. The number of aromatic nitrogens is 2. The number of carbonyl (C=O) groups is 1. The van der Waals surface area contributed by atoms with Crippen LogP contribution in [0.5, 0.6) is 0 Å². The van der Waals surface area contributed by atoms with E-state index in [1.54, 1.807) is 0 Å². The molecule has 0 aliphatic carbocycles. The molecule has 0 saturated heterocycles. The maximum atomic E-state index is 14.7. The minimum absolute atomic E-state index is 0.0229. The lowest BCUT2D eigenvalue weighted by molar-refractivity contribution is -0.138. The number of hydrogen-bond donors (Lipinski definition) is 0. The first kappa shape index (κ1) is 24.7. The normalized spacial score (nSPS) is 12.8. The summed E-state index contributed by atoms with van der Waals surface area (Å²) in [7, 11) is 0. The molecule has 12 heteroatoms. The molecule has 0 radical (unpaired) electrons. The number of alkyl halides is 8. The van der Waals surface area contributed by atoms with Crippen molar-refractivity contribution in [1.82, 2.24) is 9.78 Å². The van der Waals surface area contributed by atoms with E-state index in [4.69, 9.17) is 11.6 Å². The van der Waals surface area contributed by atoms with Gasteiger partial charge in [-0.15, -0.1) is 0 Å². The van der Waals surface area contributed by atoms with Crippen LogP contribution in [-0.4, -0.2) is 15.6 Å². The van der Waals surface area contributed by atoms with E-state index in [1.165, 1.54) is 6.07 Å². The van der Waals surface area contributed by atoms with E-state index in [1.807, 2.05) is 0 Å². The zero-order valence-electron chi connectivity index (χ0n) is 16.3. The fourth-order valence-corrected chi connectivity index (χ4v) is 3.38. The Labute approximate surface area is 186 Å². The van der Waals surface area contributed by atoms with Gasteiger partial charge in [0.25, 0.3) is 5.92 Å². The molecular weight excluding hydrogens is 484 g/mol. The zero-order valence-corrected chi connectivity index (χ0v) is 17.1. The largest absolute Gasteiger partial charge is 0.419 e. The second kappa shape index (κ2) is 8.77.